The van der Waals surface area contributed by atoms with E-state index in [1.807, 2.05) is 6.92 Å². The second-order valence-corrected chi connectivity index (χ2v) is 5.80. The molecule has 0 heterocycles. The third-order valence-corrected chi connectivity index (χ3v) is 3.92. The van der Waals surface area contributed by atoms with Crippen molar-refractivity contribution < 1.29 is 9.53 Å². The van der Waals surface area contributed by atoms with E-state index >= 15 is 0 Å². The van der Waals surface area contributed by atoms with E-state index in [-0.39, 0.29) is 12.0 Å². The van der Waals surface area contributed by atoms with Crippen LogP contribution >= 0.6 is 0 Å². The van der Waals surface area contributed by atoms with Gasteiger partial charge in [-0.1, -0.05) is 20.8 Å². The van der Waals surface area contributed by atoms with E-state index in [9.17, 15) is 4.79 Å². The van der Waals surface area contributed by atoms with Gasteiger partial charge in [-0.15, -0.1) is 0 Å². The Hall–Kier alpha value is -0.610. The van der Waals surface area contributed by atoms with Crippen LogP contribution in [0.25, 0.3) is 0 Å². The molecule has 2 atom stereocenters. The van der Waals surface area contributed by atoms with Crippen molar-refractivity contribution in [1.29, 1.82) is 0 Å². The highest BCUT2D eigenvalue weighted by molar-refractivity contribution is 5.85. The number of primary amides is 1. The average molecular weight is 256 g/mol. The van der Waals surface area contributed by atoms with Gasteiger partial charge >= 0.3 is 0 Å². The third-order valence-electron chi connectivity index (χ3n) is 3.92. The largest absolute Gasteiger partial charge is 0.376 e. The van der Waals surface area contributed by atoms with Crippen LogP contribution < -0.4 is 11.1 Å². The number of carbonyl (C=O) groups excluding carboxylic acids is 1. The zero-order valence-corrected chi connectivity index (χ0v) is 12.2. The summed E-state index contributed by atoms with van der Waals surface area (Å²) in [5.74, 6) is 0.524. The van der Waals surface area contributed by atoms with Crippen LogP contribution in [0.1, 0.15) is 47.0 Å². The standard InChI is InChI=1S/C14H28N2O2/c1-5-8-16-14(13(15)17,12-6-7-12)9-18-11(4)10(2)3/h10-12,16H,5-9H2,1-4H3,(H2,15,17). The molecular weight excluding hydrogens is 228 g/mol. The van der Waals surface area contributed by atoms with Crippen molar-refractivity contribution in [3.8, 4) is 0 Å². The number of hydrogen-bond donors (Lipinski definition) is 2. The number of carbonyl (C=O) groups is 1. The van der Waals surface area contributed by atoms with Crippen LogP contribution in [0.15, 0.2) is 0 Å². The molecule has 0 aromatic heterocycles. The summed E-state index contributed by atoms with van der Waals surface area (Å²) in [5.41, 5.74) is 4.98. The highest BCUT2D eigenvalue weighted by atomic mass is 16.5. The Labute approximate surface area is 111 Å². The molecule has 1 fully saturated rings. The summed E-state index contributed by atoms with van der Waals surface area (Å²) in [4.78, 5) is 11.9. The molecule has 1 saturated carbocycles. The first-order chi connectivity index (χ1) is 8.44. The van der Waals surface area contributed by atoms with Crippen LogP contribution in [0, 0.1) is 11.8 Å². The van der Waals surface area contributed by atoms with E-state index in [0.29, 0.717) is 18.4 Å². The van der Waals surface area contributed by atoms with Crippen molar-refractivity contribution in [3.63, 3.8) is 0 Å². The molecule has 18 heavy (non-hydrogen) atoms. The van der Waals surface area contributed by atoms with E-state index < -0.39 is 5.54 Å². The molecule has 0 aromatic carbocycles. The highest BCUT2D eigenvalue weighted by Crippen LogP contribution is 2.40. The van der Waals surface area contributed by atoms with Crippen LogP contribution in [-0.2, 0) is 9.53 Å². The van der Waals surface area contributed by atoms with Crippen molar-refractivity contribution in [3.05, 3.63) is 0 Å². The minimum Gasteiger partial charge on any atom is -0.376 e. The second-order valence-electron chi connectivity index (χ2n) is 5.80. The van der Waals surface area contributed by atoms with E-state index in [0.717, 1.165) is 25.8 Å². The van der Waals surface area contributed by atoms with E-state index in [4.69, 9.17) is 10.5 Å². The average Bonchev–Trinajstić information content (AvgIpc) is 3.13. The molecular formula is C14H28N2O2. The molecule has 1 aliphatic rings. The van der Waals surface area contributed by atoms with Gasteiger partial charge in [0.05, 0.1) is 12.7 Å². The van der Waals surface area contributed by atoms with Gasteiger partial charge < -0.3 is 15.8 Å². The molecule has 1 rings (SSSR count). The quantitative estimate of drug-likeness (QED) is 0.659. The van der Waals surface area contributed by atoms with Crippen LogP contribution in [-0.4, -0.2) is 30.7 Å². The fourth-order valence-corrected chi connectivity index (χ4v) is 2.05. The first-order valence-electron chi connectivity index (χ1n) is 7.10. The number of nitrogens with two attached hydrogens (primary N) is 1. The summed E-state index contributed by atoms with van der Waals surface area (Å²) >= 11 is 0. The molecule has 0 bridgehead atoms. The van der Waals surface area contributed by atoms with E-state index in [1.54, 1.807) is 0 Å². The highest BCUT2D eigenvalue weighted by Gasteiger charge is 2.50. The maximum absolute atomic E-state index is 11.9. The van der Waals surface area contributed by atoms with Gasteiger partial charge in [0.1, 0.15) is 5.54 Å². The Morgan fingerprint density at radius 3 is 2.44 bits per heavy atom. The van der Waals surface area contributed by atoms with Gasteiger partial charge in [-0.2, -0.15) is 0 Å². The first-order valence-corrected chi connectivity index (χ1v) is 7.10. The van der Waals surface area contributed by atoms with Crippen LogP contribution in [0.3, 0.4) is 0 Å². The summed E-state index contributed by atoms with van der Waals surface area (Å²) in [5, 5.41) is 3.34. The fraction of sp³-hybridized carbons (Fsp3) is 0.929. The van der Waals surface area contributed by atoms with E-state index in [1.165, 1.54) is 0 Å². The summed E-state index contributed by atoms with van der Waals surface area (Å²) in [6.07, 6.45) is 3.27. The van der Waals surface area contributed by atoms with Gasteiger partial charge in [-0.25, -0.2) is 0 Å². The van der Waals surface area contributed by atoms with Crippen LogP contribution in [0.4, 0.5) is 0 Å². The lowest BCUT2D eigenvalue weighted by atomic mass is 9.92. The molecule has 1 aliphatic carbocycles. The Kier molecular flexibility index (Phi) is 5.60. The first kappa shape index (κ1) is 15.4. The molecule has 1 amide bonds. The zero-order chi connectivity index (χ0) is 13.8. The third kappa shape index (κ3) is 3.69. The molecule has 0 aliphatic heterocycles. The number of rotatable bonds is 9. The van der Waals surface area contributed by atoms with Crippen molar-refractivity contribution in [1.82, 2.24) is 5.32 Å². The Morgan fingerprint density at radius 1 is 1.44 bits per heavy atom. The lowest BCUT2D eigenvalue weighted by molar-refractivity contribution is -0.130. The van der Waals surface area contributed by atoms with Gasteiger partial charge in [0, 0.05) is 0 Å². The normalized spacial score (nSPS) is 20.7. The maximum Gasteiger partial charge on any atom is 0.240 e. The van der Waals surface area contributed by atoms with Gasteiger partial charge in [-0.3, -0.25) is 4.79 Å². The molecule has 2 unspecified atom stereocenters. The number of nitrogens with one attached hydrogen (secondary N) is 1. The Morgan fingerprint density at radius 2 is 2.06 bits per heavy atom. The molecule has 106 valence electrons. The molecule has 0 radical (unpaired) electrons. The molecule has 0 saturated heterocycles. The Bertz CT molecular complexity index is 277. The SMILES string of the molecule is CCCNC(COC(C)C(C)C)(C(N)=O)C1CC1. The Balaban J connectivity index is 2.66. The van der Waals surface area contributed by atoms with Crippen molar-refractivity contribution >= 4 is 5.91 Å². The fourth-order valence-electron chi connectivity index (χ4n) is 2.05. The smallest absolute Gasteiger partial charge is 0.240 e. The zero-order valence-electron chi connectivity index (χ0n) is 12.2. The summed E-state index contributed by atoms with van der Waals surface area (Å²) < 4.78 is 5.87. The molecule has 0 spiro atoms. The lowest BCUT2D eigenvalue weighted by Gasteiger charge is -2.33. The summed E-state index contributed by atoms with van der Waals surface area (Å²) in [6.45, 7) is 9.57. The lowest BCUT2D eigenvalue weighted by Crippen LogP contribution is -2.61. The van der Waals surface area contributed by atoms with Crippen molar-refractivity contribution in [2.75, 3.05) is 13.2 Å². The number of amides is 1. The monoisotopic (exact) mass is 256 g/mol. The maximum atomic E-state index is 11.9. The second kappa shape index (κ2) is 6.53. The van der Waals surface area contributed by atoms with Gasteiger partial charge in [0.2, 0.25) is 5.91 Å². The van der Waals surface area contributed by atoms with Gasteiger partial charge in [0.25, 0.3) is 0 Å². The molecule has 0 aromatic rings. The topological polar surface area (TPSA) is 64.3 Å². The van der Waals surface area contributed by atoms with E-state index in [2.05, 4.69) is 26.1 Å². The van der Waals surface area contributed by atoms with Crippen LogP contribution in [0.2, 0.25) is 0 Å². The number of hydrogen-bond acceptors (Lipinski definition) is 3. The predicted molar refractivity (Wildman–Crippen MR) is 73.2 cm³/mol. The van der Waals surface area contributed by atoms with Gasteiger partial charge in [-0.05, 0) is 44.6 Å². The number of ether oxygens (including phenoxy) is 1. The summed E-state index contributed by atoms with van der Waals surface area (Å²) in [6, 6.07) is 0. The van der Waals surface area contributed by atoms with Gasteiger partial charge in [0.15, 0.2) is 0 Å². The summed E-state index contributed by atoms with van der Waals surface area (Å²) in [7, 11) is 0. The minimum absolute atomic E-state index is 0.144. The van der Waals surface area contributed by atoms with Crippen LogP contribution in [0.5, 0.6) is 0 Å². The molecule has 4 heteroatoms. The molecule has 3 N–H and O–H groups in total. The minimum atomic E-state index is -0.654. The van der Waals surface area contributed by atoms with Crippen molar-refractivity contribution in [2.45, 2.75) is 58.6 Å². The predicted octanol–water partition coefficient (Wildman–Crippen LogP) is 1.68. The molecule has 4 nitrogen and oxygen atoms in total. The van der Waals surface area contributed by atoms with Crippen molar-refractivity contribution in [2.24, 2.45) is 17.6 Å².